The maximum Gasteiger partial charge on any atom is 0.417 e. The summed E-state index contributed by atoms with van der Waals surface area (Å²) in [5, 5.41) is 2.03. The van der Waals surface area contributed by atoms with Gasteiger partial charge in [-0.2, -0.15) is 13.2 Å². The lowest BCUT2D eigenvalue weighted by Gasteiger charge is -2.12. The van der Waals surface area contributed by atoms with Gasteiger partial charge in [0.1, 0.15) is 0 Å². The third-order valence-electron chi connectivity index (χ3n) is 2.05. The van der Waals surface area contributed by atoms with E-state index in [0.29, 0.717) is 0 Å². The molecule has 4 N–H and O–H groups in total. The van der Waals surface area contributed by atoms with Crippen LogP contribution < -0.4 is 16.6 Å². The Bertz CT molecular complexity index is 460. The maximum atomic E-state index is 12.6. The van der Waals surface area contributed by atoms with Gasteiger partial charge in [-0.15, -0.1) is 0 Å². The van der Waals surface area contributed by atoms with Gasteiger partial charge in [-0.3, -0.25) is 15.0 Å². The topological polar surface area (TPSA) is 84.2 Å². The first-order valence-corrected chi connectivity index (χ1v) is 4.80. The molecule has 5 nitrogen and oxygen atoms in total. The number of rotatable bonds is 3. The Hall–Kier alpha value is -2.09. The Labute approximate surface area is 100 Å². The van der Waals surface area contributed by atoms with Crippen molar-refractivity contribution >= 4 is 11.8 Å². The Morgan fingerprint density at radius 1 is 1.22 bits per heavy atom. The molecule has 0 unspecified atom stereocenters. The second-order valence-corrected chi connectivity index (χ2v) is 3.29. The fraction of sp³-hybridized carbons (Fsp3) is 0.200. The highest BCUT2D eigenvalue weighted by Gasteiger charge is 2.34. The number of carbonyl (C=O) groups excluding carboxylic acids is 2. The standard InChI is InChI=1S/C10H10F3N3O2/c11-10(12,13)7-4-2-1-3-6(7)9(18)15-5-8(17)16-14/h1-4H,5,14H2,(H,15,18)(H,16,17). The van der Waals surface area contributed by atoms with E-state index < -0.39 is 35.7 Å². The van der Waals surface area contributed by atoms with Gasteiger partial charge in [-0.05, 0) is 12.1 Å². The van der Waals surface area contributed by atoms with Gasteiger partial charge in [-0.1, -0.05) is 12.1 Å². The van der Waals surface area contributed by atoms with E-state index in [4.69, 9.17) is 5.84 Å². The van der Waals surface area contributed by atoms with Crippen molar-refractivity contribution in [3.63, 3.8) is 0 Å². The molecule has 0 aliphatic carbocycles. The number of halogens is 3. The quantitative estimate of drug-likeness (QED) is 0.419. The molecule has 18 heavy (non-hydrogen) atoms. The molecule has 0 fully saturated rings. The third kappa shape index (κ3) is 3.45. The Morgan fingerprint density at radius 2 is 1.83 bits per heavy atom. The van der Waals surface area contributed by atoms with Crippen molar-refractivity contribution in [2.45, 2.75) is 6.18 Å². The number of alkyl halides is 3. The zero-order valence-corrected chi connectivity index (χ0v) is 9.04. The smallest absolute Gasteiger partial charge is 0.343 e. The van der Waals surface area contributed by atoms with Crippen LogP contribution in [0.15, 0.2) is 24.3 Å². The second-order valence-electron chi connectivity index (χ2n) is 3.29. The summed E-state index contributed by atoms with van der Waals surface area (Å²) in [6.45, 7) is -0.498. The van der Waals surface area contributed by atoms with Crippen molar-refractivity contribution in [1.29, 1.82) is 0 Å². The van der Waals surface area contributed by atoms with Crippen molar-refractivity contribution in [3.8, 4) is 0 Å². The number of hydrazine groups is 1. The lowest BCUT2D eigenvalue weighted by atomic mass is 10.1. The summed E-state index contributed by atoms with van der Waals surface area (Å²) in [6, 6.07) is 4.29. The van der Waals surface area contributed by atoms with Crippen LogP contribution in [0.4, 0.5) is 13.2 Å². The van der Waals surface area contributed by atoms with Gasteiger partial charge in [0.25, 0.3) is 11.8 Å². The highest BCUT2D eigenvalue weighted by atomic mass is 19.4. The minimum absolute atomic E-state index is 0.498. The molecule has 0 heterocycles. The molecule has 0 saturated carbocycles. The summed E-state index contributed by atoms with van der Waals surface area (Å²) in [4.78, 5) is 22.3. The minimum Gasteiger partial charge on any atom is -0.343 e. The van der Waals surface area contributed by atoms with E-state index >= 15 is 0 Å². The molecule has 0 aromatic heterocycles. The average Bonchev–Trinajstić information content (AvgIpc) is 2.34. The molecule has 98 valence electrons. The highest BCUT2D eigenvalue weighted by molar-refractivity contribution is 5.97. The predicted molar refractivity (Wildman–Crippen MR) is 56.1 cm³/mol. The Morgan fingerprint density at radius 3 is 2.39 bits per heavy atom. The summed E-state index contributed by atoms with van der Waals surface area (Å²) >= 11 is 0. The first kappa shape index (κ1) is 14.0. The van der Waals surface area contributed by atoms with Crippen molar-refractivity contribution in [2.75, 3.05) is 6.54 Å². The molecule has 0 spiro atoms. The lowest BCUT2D eigenvalue weighted by Crippen LogP contribution is -2.40. The molecule has 0 atom stereocenters. The summed E-state index contributed by atoms with van der Waals surface area (Å²) in [5.41, 5.74) is 0.135. The average molecular weight is 261 g/mol. The largest absolute Gasteiger partial charge is 0.417 e. The molecular weight excluding hydrogens is 251 g/mol. The molecule has 8 heteroatoms. The van der Waals surface area contributed by atoms with Gasteiger partial charge in [0.05, 0.1) is 17.7 Å². The van der Waals surface area contributed by atoms with Crippen LogP contribution in [0.5, 0.6) is 0 Å². The maximum absolute atomic E-state index is 12.6. The molecule has 1 aromatic rings. The first-order chi connectivity index (χ1) is 8.36. The lowest BCUT2D eigenvalue weighted by molar-refractivity contribution is -0.137. The minimum atomic E-state index is -4.63. The third-order valence-corrected chi connectivity index (χ3v) is 2.05. The van der Waals surface area contributed by atoms with Crippen LogP contribution >= 0.6 is 0 Å². The van der Waals surface area contributed by atoms with Gasteiger partial charge in [0, 0.05) is 0 Å². The van der Waals surface area contributed by atoms with Gasteiger partial charge in [-0.25, -0.2) is 5.84 Å². The van der Waals surface area contributed by atoms with E-state index in [2.05, 4.69) is 0 Å². The van der Waals surface area contributed by atoms with Crippen molar-refractivity contribution in [3.05, 3.63) is 35.4 Å². The predicted octanol–water partition coefficient (Wildman–Crippen LogP) is 0.425. The summed E-state index contributed by atoms with van der Waals surface area (Å²) < 4.78 is 37.8. The van der Waals surface area contributed by atoms with Crippen LogP contribution in [0.3, 0.4) is 0 Å². The van der Waals surface area contributed by atoms with Crippen LogP contribution in [0.1, 0.15) is 15.9 Å². The zero-order valence-electron chi connectivity index (χ0n) is 9.04. The number of benzene rings is 1. The number of hydrogen-bond donors (Lipinski definition) is 3. The van der Waals surface area contributed by atoms with Gasteiger partial charge >= 0.3 is 6.18 Å². The SMILES string of the molecule is NNC(=O)CNC(=O)c1ccccc1C(F)(F)F. The molecule has 0 aliphatic heterocycles. The molecule has 2 amide bonds. The monoisotopic (exact) mass is 261 g/mol. The van der Waals surface area contributed by atoms with E-state index in [0.717, 1.165) is 12.1 Å². The number of carbonyl (C=O) groups is 2. The number of nitrogens with one attached hydrogen (secondary N) is 2. The molecule has 1 rings (SSSR count). The van der Waals surface area contributed by atoms with Crippen molar-refractivity contribution < 1.29 is 22.8 Å². The van der Waals surface area contributed by atoms with Gasteiger partial charge < -0.3 is 5.32 Å². The van der Waals surface area contributed by atoms with Crippen LogP contribution in [-0.4, -0.2) is 18.4 Å². The molecule has 0 radical (unpaired) electrons. The van der Waals surface area contributed by atoms with E-state index in [1.54, 1.807) is 5.43 Å². The van der Waals surface area contributed by atoms with Crippen LogP contribution in [0, 0.1) is 0 Å². The summed E-state index contributed by atoms with van der Waals surface area (Å²) in [5.74, 6) is 3.06. The molecule has 0 aliphatic rings. The van der Waals surface area contributed by atoms with E-state index in [9.17, 15) is 22.8 Å². The molecular formula is C10H10F3N3O2. The molecule has 1 aromatic carbocycles. The summed E-state index contributed by atoms with van der Waals surface area (Å²) in [6.07, 6.45) is -4.63. The van der Waals surface area contributed by atoms with Gasteiger partial charge in [0.15, 0.2) is 0 Å². The molecule has 0 bridgehead atoms. The van der Waals surface area contributed by atoms with E-state index in [1.807, 2.05) is 5.32 Å². The number of hydrogen-bond acceptors (Lipinski definition) is 3. The van der Waals surface area contributed by atoms with Crippen molar-refractivity contribution in [1.82, 2.24) is 10.7 Å². The molecule has 0 saturated heterocycles. The Balaban J connectivity index is 2.89. The zero-order chi connectivity index (χ0) is 13.8. The fourth-order valence-corrected chi connectivity index (χ4v) is 1.24. The number of nitrogens with two attached hydrogens (primary N) is 1. The number of amides is 2. The van der Waals surface area contributed by atoms with E-state index in [-0.39, 0.29) is 0 Å². The van der Waals surface area contributed by atoms with E-state index in [1.165, 1.54) is 12.1 Å². The van der Waals surface area contributed by atoms with Crippen molar-refractivity contribution in [2.24, 2.45) is 5.84 Å². The second kappa shape index (κ2) is 5.50. The van der Waals surface area contributed by atoms with Crippen LogP contribution in [0.2, 0.25) is 0 Å². The Kier molecular flexibility index (Phi) is 4.27. The first-order valence-electron chi connectivity index (χ1n) is 4.80. The fourth-order valence-electron chi connectivity index (χ4n) is 1.24. The highest BCUT2D eigenvalue weighted by Crippen LogP contribution is 2.31. The van der Waals surface area contributed by atoms with Crippen LogP contribution in [0.25, 0.3) is 0 Å². The van der Waals surface area contributed by atoms with Crippen LogP contribution in [-0.2, 0) is 11.0 Å². The normalized spacial score (nSPS) is 10.9. The summed E-state index contributed by atoms with van der Waals surface area (Å²) in [7, 11) is 0. The van der Waals surface area contributed by atoms with Gasteiger partial charge in [0.2, 0.25) is 0 Å².